The van der Waals surface area contributed by atoms with Crippen molar-refractivity contribution < 1.29 is 0 Å². The lowest BCUT2D eigenvalue weighted by Gasteiger charge is -2.10. The Bertz CT molecular complexity index is 2550. The van der Waals surface area contributed by atoms with Gasteiger partial charge in [-0.05, 0) is 52.2 Å². The lowest BCUT2D eigenvalue weighted by atomic mass is 10.00. The molecule has 4 nitrogen and oxygen atoms in total. The molecule has 9 aromatic rings. The van der Waals surface area contributed by atoms with Crippen molar-refractivity contribution in [1.82, 2.24) is 19.9 Å². The van der Waals surface area contributed by atoms with Gasteiger partial charge in [0.15, 0.2) is 17.5 Å². The Kier molecular flexibility index (Phi) is 5.96. The van der Waals surface area contributed by atoms with E-state index in [1.165, 1.54) is 36.5 Å². The minimum absolute atomic E-state index is 0.600. The van der Waals surface area contributed by atoms with E-state index >= 15 is 0 Å². The molecule has 5 heteroatoms. The van der Waals surface area contributed by atoms with Gasteiger partial charge in [0.1, 0.15) is 0 Å². The fourth-order valence-corrected chi connectivity index (χ4v) is 7.22. The summed E-state index contributed by atoms with van der Waals surface area (Å²) >= 11 is 1.79. The van der Waals surface area contributed by atoms with Gasteiger partial charge in [0.2, 0.25) is 0 Å². The monoisotopic (exact) mass is 592 g/mol. The summed E-state index contributed by atoms with van der Waals surface area (Å²) in [6.07, 6.45) is 1.86. The number of aromatic nitrogens is 4. The Labute approximate surface area is 263 Å². The lowest BCUT2D eigenvalue weighted by molar-refractivity contribution is 1.07. The van der Waals surface area contributed by atoms with E-state index in [0.717, 1.165) is 33.2 Å². The highest BCUT2D eigenvalue weighted by Crippen LogP contribution is 2.39. The van der Waals surface area contributed by atoms with Crippen molar-refractivity contribution in [3.8, 4) is 45.3 Å². The van der Waals surface area contributed by atoms with Crippen molar-refractivity contribution in [1.29, 1.82) is 0 Å². The number of benzene rings is 6. The summed E-state index contributed by atoms with van der Waals surface area (Å²) < 4.78 is 2.46. The highest BCUT2D eigenvalue weighted by atomic mass is 32.1. The van der Waals surface area contributed by atoms with Gasteiger partial charge >= 0.3 is 0 Å². The molecule has 0 fully saturated rings. The largest absolute Gasteiger partial charge is 0.255 e. The Morgan fingerprint density at radius 1 is 0.422 bits per heavy atom. The van der Waals surface area contributed by atoms with Crippen molar-refractivity contribution in [2.24, 2.45) is 0 Å². The minimum Gasteiger partial charge on any atom is -0.255 e. The molecule has 9 rings (SSSR count). The summed E-state index contributed by atoms with van der Waals surface area (Å²) in [7, 11) is 0. The molecule has 0 radical (unpaired) electrons. The molecule has 3 heterocycles. The second-order valence-electron chi connectivity index (χ2n) is 11.1. The zero-order chi connectivity index (χ0) is 29.7. The number of nitrogens with zero attached hydrogens (tertiary/aromatic N) is 4. The number of para-hydroxylation sites is 1. The van der Waals surface area contributed by atoms with E-state index in [1.54, 1.807) is 11.3 Å². The quantitative estimate of drug-likeness (QED) is 0.204. The van der Waals surface area contributed by atoms with Crippen LogP contribution in [0.15, 0.2) is 146 Å². The molecule has 45 heavy (non-hydrogen) atoms. The molecular formula is C40H24N4S. The molecule has 0 unspecified atom stereocenters. The predicted molar refractivity (Wildman–Crippen MR) is 187 cm³/mol. The number of pyridine rings is 1. The molecular weight excluding hydrogens is 569 g/mol. The predicted octanol–water partition coefficient (Wildman–Crippen LogP) is 10.6. The van der Waals surface area contributed by atoms with Crippen LogP contribution in [-0.2, 0) is 0 Å². The Balaban J connectivity index is 1.21. The first-order valence-electron chi connectivity index (χ1n) is 14.9. The van der Waals surface area contributed by atoms with E-state index in [0.29, 0.717) is 17.5 Å². The van der Waals surface area contributed by atoms with Gasteiger partial charge in [-0.15, -0.1) is 11.3 Å². The summed E-state index contributed by atoms with van der Waals surface area (Å²) in [4.78, 5) is 19.9. The van der Waals surface area contributed by atoms with Gasteiger partial charge in [0.25, 0.3) is 0 Å². The van der Waals surface area contributed by atoms with Gasteiger partial charge in [-0.25, -0.2) is 15.0 Å². The highest BCUT2D eigenvalue weighted by Gasteiger charge is 2.17. The zero-order valence-corrected chi connectivity index (χ0v) is 24.9. The van der Waals surface area contributed by atoms with Gasteiger partial charge < -0.3 is 0 Å². The van der Waals surface area contributed by atoms with Gasteiger partial charge in [0, 0.05) is 48.4 Å². The fraction of sp³-hybridized carbons (Fsp3) is 0. The SMILES string of the molecule is c1ccc2cc(-c3ccc(-c4nc(-c5cnc6ccccc6c5)nc(-c5cccc6sc7ccccc7c56)n4)cc3)ccc2c1. The van der Waals surface area contributed by atoms with Crippen LogP contribution in [0.2, 0.25) is 0 Å². The van der Waals surface area contributed by atoms with E-state index in [1.807, 2.05) is 24.4 Å². The molecule has 210 valence electrons. The fourth-order valence-electron chi connectivity index (χ4n) is 6.09. The second kappa shape index (κ2) is 10.4. The molecule has 0 saturated heterocycles. The van der Waals surface area contributed by atoms with Crippen LogP contribution in [0.25, 0.3) is 87.1 Å². The van der Waals surface area contributed by atoms with E-state index in [9.17, 15) is 0 Å². The molecule has 3 aromatic heterocycles. The molecule has 0 bridgehead atoms. The molecule has 0 saturated carbocycles. The first-order valence-corrected chi connectivity index (χ1v) is 15.7. The summed E-state index contributed by atoms with van der Waals surface area (Å²) in [5.41, 5.74) is 6.04. The maximum atomic E-state index is 5.10. The summed E-state index contributed by atoms with van der Waals surface area (Å²) in [6.45, 7) is 0. The average Bonchev–Trinajstić information content (AvgIpc) is 3.50. The topological polar surface area (TPSA) is 51.6 Å². The maximum Gasteiger partial charge on any atom is 0.165 e. The summed E-state index contributed by atoms with van der Waals surface area (Å²) in [6, 6.07) is 48.7. The third kappa shape index (κ3) is 4.53. The lowest BCUT2D eigenvalue weighted by Crippen LogP contribution is -2.01. The van der Waals surface area contributed by atoms with E-state index in [4.69, 9.17) is 19.9 Å². The van der Waals surface area contributed by atoms with Gasteiger partial charge in [-0.2, -0.15) is 0 Å². The van der Waals surface area contributed by atoms with Gasteiger partial charge in [-0.1, -0.05) is 109 Å². The Morgan fingerprint density at radius 2 is 1.07 bits per heavy atom. The zero-order valence-electron chi connectivity index (χ0n) is 24.1. The van der Waals surface area contributed by atoms with Crippen LogP contribution >= 0.6 is 11.3 Å². The molecule has 0 spiro atoms. The number of hydrogen-bond acceptors (Lipinski definition) is 5. The molecule has 0 amide bonds. The number of rotatable bonds is 4. The van der Waals surface area contributed by atoms with Crippen molar-refractivity contribution in [3.63, 3.8) is 0 Å². The van der Waals surface area contributed by atoms with Crippen LogP contribution in [-0.4, -0.2) is 19.9 Å². The van der Waals surface area contributed by atoms with E-state index in [2.05, 4.69) is 121 Å². The van der Waals surface area contributed by atoms with Crippen LogP contribution in [0.1, 0.15) is 0 Å². The number of fused-ring (bicyclic) bond motifs is 5. The number of thiophene rings is 1. The second-order valence-corrected chi connectivity index (χ2v) is 12.2. The molecule has 0 N–H and O–H groups in total. The van der Waals surface area contributed by atoms with Crippen LogP contribution in [0, 0.1) is 0 Å². The third-order valence-electron chi connectivity index (χ3n) is 8.35. The smallest absolute Gasteiger partial charge is 0.165 e. The van der Waals surface area contributed by atoms with Crippen LogP contribution in [0.5, 0.6) is 0 Å². The van der Waals surface area contributed by atoms with Crippen molar-refractivity contribution in [3.05, 3.63) is 146 Å². The van der Waals surface area contributed by atoms with Crippen molar-refractivity contribution in [2.75, 3.05) is 0 Å². The minimum atomic E-state index is 0.600. The Morgan fingerprint density at radius 3 is 1.96 bits per heavy atom. The van der Waals surface area contributed by atoms with E-state index in [-0.39, 0.29) is 0 Å². The number of hydrogen-bond donors (Lipinski definition) is 0. The van der Waals surface area contributed by atoms with Gasteiger partial charge in [-0.3, -0.25) is 4.98 Å². The van der Waals surface area contributed by atoms with E-state index < -0.39 is 0 Å². The third-order valence-corrected chi connectivity index (χ3v) is 9.49. The van der Waals surface area contributed by atoms with Crippen molar-refractivity contribution >= 4 is 53.2 Å². The summed E-state index contributed by atoms with van der Waals surface area (Å²) in [5, 5.41) is 5.89. The standard InChI is InChI=1S/C40H24N4S/c1-2-9-28-22-29(21-18-25(28)8-1)26-16-19-27(20-17-26)38-42-39(31-23-30-10-3-5-13-34(30)41-24-31)44-40(43-38)33-12-7-15-36-37(33)32-11-4-6-14-35(32)45-36/h1-24H. The molecule has 6 aromatic carbocycles. The highest BCUT2D eigenvalue weighted by molar-refractivity contribution is 7.25. The van der Waals surface area contributed by atoms with Crippen LogP contribution in [0.4, 0.5) is 0 Å². The van der Waals surface area contributed by atoms with Crippen LogP contribution in [0.3, 0.4) is 0 Å². The molecule has 0 aliphatic rings. The molecule has 0 atom stereocenters. The Hall–Kier alpha value is -5.78. The first kappa shape index (κ1) is 25.7. The van der Waals surface area contributed by atoms with Crippen LogP contribution < -0.4 is 0 Å². The summed E-state index contributed by atoms with van der Waals surface area (Å²) in [5.74, 6) is 1.88. The molecule has 0 aliphatic heterocycles. The maximum absolute atomic E-state index is 5.10. The molecule has 0 aliphatic carbocycles. The van der Waals surface area contributed by atoms with Gasteiger partial charge in [0.05, 0.1) is 5.52 Å². The first-order chi connectivity index (χ1) is 22.3. The normalized spacial score (nSPS) is 11.6. The average molecular weight is 593 g/mol. The van der Waals surface area contributed by atoms with Crippen molar-refractivity contribution in [2.45, 2.75) is 0 Å².